The van der Waals surface area contributed by atoms with Crippen LogP contribution in [0.1, 0.15) is 32.6 Å². The van der Waals surface area contributed by atoms with Crippen LogP contribution in [0, 0.1) is 5.41 Å². The number of halogens is 2. The van der Waals surface area contributed by atoms with E-state index in [0.717, 1.165) is 6.54 Å². The molecule has 1 saturated carbocycles. The molecule has 0 unspecified atom stereocenters. The Balaban J connectivity index is 2.05. The summed E-state index contributed by atoms with van der Waals surface area (Å²) in [6.45, 7) is 3.11. The third-order valence-corrected chi connectivity index (χ3v) is 4.01. The highest BCUT2D eigenvalue weighted by Gasteiger charge is 2.41. The van der Waals surface area contributed by atoms with Gasteiger partial charge in [-0.3, -0.25) is 0 Å². The highest BCUT2D eigenvalue weighted by Crippen LogP contribution is 2.49. The minimum atomic E-state index is 0.419. The lowest BCUT2D eigenvalue weighted by molar-refractivity contribution is 0.485. The number of nitrogen functional groups attached to an aromatic ring is 1. The molecule has 6 heteroatoms. The number of hydrazine groups is 1. The van der Waals surface area contributed by atoms with Gasteiger partial charge in [-0.1, -0.05) is 36.5 Å². The van der Waals surface area contributed by atoms with Gasteiger partial charge in [-0.05, 0) is 30.7 Å². The molecule has 2 rings (SSSR count). The van der Waals surface area contributed by atoms with Gasteiger partial charge in [0.2, 0.25) is 0 Å². The van der Waals surface area contributed by atoms with Crippen molar-refractivity contribution in [3.63, 3.8) is 0 Å². The molecule has 0 atom stereocenters. The fourth-order valence-electron chi connectivity index (χ4n) is 2.19. The summed E-state index contributed by atoms with van der Waals surface area (Å²) in [6, 6.07) is 1.65. The minimum Gasteiger partial charge on any atom is -0.368 e. The van der Waals surface area contributed by atoms with Gasteiger partial charge in [0.1, 0.15) is 5.82 Å². The zero-order valence-electron chi connectivity index (χ0n) is 10.4. The summed E-state index contributed by atoms with van der Waals surface area (Å²) in [6.07, 6.45) is 5.01. The van der Waals surface area contributed by atoms with Crippen LogP contribution >= 0.6 is 23.2 Å². The summed E-state index contributed by atoms with van der Waals surface area (Å²) in [4.78, 5) is 4.27. The molecule has 0 amide bonds. The first-order valence-electron chi connectivity index (χ1n) is 6.17. The van der Waals surface area contributed by atoms with Crippen LogP contribution in [0.5, 0.6) is 0 Å². The van der Waals surface area contributed by atoms with Crippen molar-refractivity contribution in [2.24, 2.45) is 11.3 Å². The molecule has 1 aliphatic carbocycles. The van der Waals surface area contributed by atoms with E-state index < -0.39 is 0 Å². The van der Waals surface area contributed by atoms with Crippen LogP contribution in [0.15, 0.2) is 6.07 Å². The van der Waals surface area contributed by atoms with Gasteiger partial charge in [-0.2, -0.15) is 0 Å². The first kappa shape index (κ1) is 13.7. The summed E-state index contributed by atoms with van der Waals surface area (Å²) in [5.41, 5.74) is 2.90. The Morgan fingerprint density at radius 3 is 2.56 bits per heavy atom. The number of nitrogens with zero attached hydrogens (tertiary/aromatic N) is 1. The van der Waals surface area contributed by atoms with Crippen LogP contribution in [0.2, 0.25) is 10.0 Å². The Kier molecular flexibility index (Phi) is 4.20. The Labute approximate surface area is 117 Å². The second kappa shape index (κ2) is 5.51. The van der Waals surface area contributed by atoms with E-state index in [2.05, 4.69) is 22.7 Å². The number of pyridine rings is 1. The van der Waals surface area contributed by atoms with Crippen molar-refractivity contribution in [1.82, 2.24) is 4.98 Å². The molecule has 4 nitrogen and oxygen atoms in total. The van der Waals surface area contributed by atoms with Crippen LogP contribution in [-0.4, -0.2) is 11.5 Å². The van der Waals surface area contributed by atoms with Crippen molar-refractivity contribution in [3.05, 3.63) is 16.1 Å². The number of hydrogen-bond donors (Lipinski definition) is 3. The van der Waals surface area contributed by atoms with E-state index in [4.69, 9.17) is 29.0 Å². The quantitative estimate of drug-likeness (QED) is 0.552. The monoisotopic (exact) mass is 288 g/mol. The molecule has 0 radical (unpaired) electrons. The molecule has 18 heavy (non-hydrogen) atoms. The summed E-state index contributed by atoms with van der Waals surface area (Å²) in [5.74, 6) is 6.41. The molecule has 0 spiro atoms. The molecule has 4 N–H and O–H groups in total. The summed E-state index contributed by atoms with van der Waals surface area (Å²) < 4.78 is 0. The van der Waals surface area contributed by atoms with E-state index in [1.54, 1.807) is 6.07 Å². The maximum atomic E-state index is 6.11. The van der Waals surface area contributed by atoms with Gasteiger partial charge in [0.15, 0.2) is 5.82 Å². The summed E-state index contributed by atoms with van der Waals surface area (Å²) in [7, 11) is 0. The van der Waals surface area contributed by atoms with Gasteiger partial charge < -0.3 is 10.7 Å². The average molecular weight is 289 g/mol. The molecular weight excluding hydrogens is 271 g/mol. The molecule has 0 aliphatic heterocycles. The predicted molar refractivity (Wildman–Crippen MR) is 77.1 cm³/mol. The van der Waals surface area contributed by atoms with E-state index in [-0.39, 0.29) is 0 Å². The van der Waals surface area contributed by atoms with Gasteiger partial charge >= 0.3 is 0 Å². The first-order chi connectivity index (χ1) is 8.60. The third kappa shape index (κ3) is 2.99. The molecular formula is C12H18Cl2N4. The molecule has 1 aromatic rings. The molecule has 0 saturated heterocycles. The normalized spacial score (nSPS) is 16.4. The van der Waals surface area contributed by atoms with E-state index >= 15 is 0 Å². The second-order valence-corrected chi connectivity index (χ2v) is 5.71. The fourth-order valence-corrected chi connectivity index (χ4v) is 2.67. The second-order valence-electron chi connectivity index (χ2n) is 4.90. The Morgan fingerprint density at radius 1 is 1.33 bits per heavy atom. The number of rotatable bonds is 6. The van der Waals surface area contributed by atoms with Crippen molar-refractivity contribution in [1.29, 1.82) is 0 Å². The highest BCUT2D eigenvalue weighted by molar-refractivity contribution is 6.37. The van der Waals surface area contributed by atoms with Gasteiger partial charge in [0.05, 0.1) is 10.0 Å². The smallest absolute Gasteiger partial charge is 0.161 e. The maximum Gasteiger partial charge on any atom is 0.161 e. The van der Waals surface area contributed by atoms with Crippen LogP contribution in [0.3, 0.4) is 0 Å². The lowest BCUT2D eigenvalue weighted by atomic mass is 10.0. The minimum absolute atomic E-state index is 0.419. The first-order valence-corrected chi connectivity index (χ1v) is 6.92. The molecule has 0 aromatic carbocycles. The lowest BCUT2D eigenvalue weighted by Crippen LogP contribution is -2.17. The van der Waals surface area contributed by atoms with Crippen molar-refractivity contribution in [2.45, 2.75) is 32.6 Å². The third-order valence-electron chi connectivity index (χ3n) is 3.43. The van der Waals surface area contributed by atoms with E-state index in [1.165, 1.54) is 25.7 Å². The van der Waals surface area contributed by atoms with Gasteiger partial charge in [0.25, 0.3) is 0 Å². The van der Waals surface area contributed by atoms with E-state index in [9.17, 15) is 0 Å². The summed E-state index contributed by atoms with van der Waals surface area (Å²) >= 11 is 12.0. The van der Waals surface area contributed by atoms with Crippen LogP contribution < -0.4 is 16.6 Å². The van der Waals surface area contributed by atoms with Crippen molar-refractivity contribution >= 4 is 34.8 Å². The van der Waals surface area contributed by atoms with E-state index in [1.807, 2.05) is 0 Å². The Morgan fingerprint density at radius 2 is 2.00 bits per heavy atom. The van der Waals surface area contributed by atoms with Crippen LogP contribution in [0.25, 0.3) is 0 Å². The topological polar surface area (TPSA) is 63.0 Å². The number of aromatic nitrogens is 1. The predicted octanol–water partition coefficient (Wildman–Crippen LogP) is 3.67. The standard InChI is InChI=1S/C12H18Cl2N4/c1-2-3-12(4-5-12)7-16-10-8(13)6-9(14)11(17-10)18-15/h6H,2-5,7,15H2,1H3,(H2,16,17,18). The van der Waals surface area contributed by atoms with Crippen molar-refractivity contribution < 1.29 is 0 Å². The average Bonchev–Trinajstić information content (AvgIpc) is 3.09. The maximum absolute atomic E-state index is 6.11. The largest absolute Gasteiger partial charge is 0.368 e. The van der Waals surface area contributed by atoms with Gasteiger partial charge in [-0.25, -0.2) is 10.8 Å². The number of nitrogens with one attached hydrogen (secondary N) is 2. The number of hydrogen-bond acceptors (Lipinski definition) is 4. The fraction of sp³-hybridized carbons (Fsp3) is 0.583. The number of nitrogens with two attached hydrogens (primary N) is 1. The Bertz CT molecular complexity index is 432. The molecule has 1 aromatic heterocycles. The van der Waals surface area contributed by atoms with Crippen LogP contribution in [-0.2, 0) is 0 Å². The number of anilines is 2. The Hall–Kier alpha value is -0.710. The van der Waals surface area contributed by atoms with Gasteiger partial charge in [-0.15, -0.1) is 0 Å². The summed E-state index contributed by atoms with van der Waals surface area (Å²) in [5, 5.41) is 4.24. The molecule has 0 bridgehead atoms. The van der Waals surface area contributed by atoms with Crippen molar-refractivity contribution in [2.75, 3.05) is 17.3 Å². The van der Waals surface area contributed by atoms with Crippen molar-refractivity contribution in [3.8, 4) is 0 Å². The molecule has 100 valence electrons. The van der Waals surface area contributed by atoms with Gasteiger partial charge in [0, 0.05) is 6.54 Å². The highest BCUT2D eigenvalue weighted by atomic mass is 35.5. The molecule has 1 heterocycles. The van der Waals surface area contributed by atoms with E-state index in [0.29, 0.717) is 27.1 Å². The SMILES string of the molecule is CCCC1(CNc2nc(NN)c(Cl)cc2Cl)CC1. The molecule has 1 aliphatic rings. The zero-order chi connectivity index (χ0) is 13.2. The molecule has 1 fully saturated rings. The lowest BCUT2D eigenvalue weighted by Gasteiger charge is -2.16. The van der Waals surface area contributed by atoms with Crippen LogP contribution in [0.4, 0.5) is 11.6 Å². The zero-order valence-corrected chi connectivity index (χ0v) is 11.9.